The summed E-state index contributed by atoms with van der Waals surface area (Å²) in [5, 5.41) is 8.53. The van der Waals surface area contributed by atoms with Crippen LogP contribution in [0.4, 0.5) is 0 Å². The molecule has 0 radical (unpaired) electrons. The van der Waals surface area contributed by atoms with Gasteiger partial charge in [-0.2, -0.15) is 0 Å². The Bertz CT molecular complexity index is 153. The summed E-state index contributed by atoms with van der Waals surface area (Å²) in [4.78, 5) is 10.4. The fourth-order valence-electron chi connectivity index (χ4n) is 0.931. The van der Waals surface area contributed by atoms with Gasteiger partial charge in [-0.3, -0.25) is 4.79 Å². The highest BCUT2D eigenvalue weighted by Crippen LogP contribution is 2.29. The second-order valence-electron chi connectivity index (χ2n) is 3.81. The molecule has 0 aliphatic rings. The van der Waals surface area contributed by atoms with Gasteiger partial charge >= 0.3 is 5.97 Å². The van der Waals surface area contributed by atoms with Crippen LogP contribution in [0.15, 0.2) is 12.7 Å². The van der Waals surface area contributed by atoms with E-state index in [4.69, 9.17) is 5.11 Å². The van der Waals surface area contributed by atoms with E-state index in [1.54, 1.807) is 6.08 Å². The number of hydrogen-bond acceptors (Lipinski definition) is 1. The van der Waals surface area contributed by atoms with Crippen molar-refractivity contribution in [2.24, 2.45) is 11.3 Å². The van der Waals surface area contributed by atoms with Crippen molar-refractivity contribution in [1.82, 2.24) is 0 Å². The number of carboxylic acids is 1. The summed E-state index contributed by atoms with van der Waals surface area (Å²) >= 11 is 0. The molecule has 0 aromatic rings. The number of rotatable bonds is 3. The Balaban J connectivity index is 4.18. The lowest BCUT2D eigenvalue weighted by atomic mass is 9.79. The van der Waals surface area contributed by atoms with Crippen LogP contribution in [0.3, 0.4) is 0 Å². The molecule has 0 saturated heterocycles. The quantitative estimate of drug-likeness (QED) is 0.636. The average Bonchev–Trinajstić information content (AvgIpc) is 1.79. The topological polar surface area (TPSA) is 37.3 Å². The predicted octanol–water partition coefficient (Wildman–Crippen LogP) is 2.31. The Morgan fingerprint density at radius 2 is 2.09 bits per heavy atom. The molecule has 0 aliphatic heterocycles. The van der Waals surface area contributed by atoms with Gasteiger partial charge in [-0.25, -0.2) is 0 Å². The summed E-state index contributed by atoms with van der Waals surface area (Å²) < 4.78 is 0. The first kappa shape index (κ1) is 10.2. The highest BCUT2D eigenvalue weighted by Gasteiger charge is 2.23. The summed E-state index contributed by atoms with van der Waals surface area (Å²) in [6.07, 6.45) is 1.89. The zero-order valence-electron chi connectivity index (χ0n) is 7.42. The van der Waals surface area contributed by atoms with E-state index in [2.05, 4.69) is 6.58 Å². The van der Waals surface area contributed by atoms with Gasteiger partial charge in [0.15, 0.2) is 0 Å². The van der Waals surface area contributed by atoms with Crippen LogP contribution >= 0.6 is 0 Å². The second-order valence-corrected chi connectivity index (χ2v) is 3.81. The van der Waals surface area contributed by atoms with E-state index >= 15 is 0 Å². The zero-order chi connectivity index (χ0) is 9.07. The van der Waals surface area contributed by atoms with Gasteiger partial charge in [-0.15, -0.1) is 6.58 Å². The molecule has 0 heterocycles. The highest BCUT2D eigenvalue weighted by atomic mass is 16.4. The second kappa shape index (κ2) is 3.56. The molecule has 1 unspecified atom stereocenters. The van der Waals surface area contributed by atoms with Crippen molar-refractivity contribution in [2.75, 3.05) is 0 Å². The molecule has 0 aliphatic carbocycles. The van der Waals surface area contributed by atoms with Gasteiger partial charge in [0, 0.05) is 0 Å². The van der Waals surface area contributed by atoms with Crippen molar-refractivity contribution >= 4 is 5.97 Å². The van der Waals surface area contributed by atoms with Crippen LogP contribution in [-0.4, -0.2) is 11.1 Å². The third kappa shape index (κ3) is 3.81. The van der Waals surface area contributed by atoms with E-state index in [1.165, 1.54) is 0 Å². The van der Waals surface area contributed by atoms with Crippen LogP contribution in [0.1, 0.15) is 27.2 Å². The molecule has 2 nitrogen and oxygen atoms in total. The standard InChI is InChI=1S/C9H16O2/c1-5-7(6-8(10)11)9(2,3)4/h5,7H,1,6H2,2-4H3,(H,10,11). The van der Waals surface area contributed by atoms with Crippen LogP contribution in [0.25, 0.3) is 0 Å². The van der Waals surface area contributed by atoms with E-state index < -0.39 is 5.97 Å². The summed E-state index contributed by atoms with van der Waals surface area (Å²) in [6, 6.07) is 0. The summed E-state index contributed by atoms with van der Waals surface area (Å²) in [5.41, 5.74) is 0.000139. The molecule has 1 atom stereocenters. The summed E-state index contributed by atoms with van der Waals surface area (Å²) in [7, 11) is 0. The fraction of sp³-hybridized carbons (Fsp3) is 0.667. The van der Waals surface area contributed by atoms with Crippen molar-refractivity contribution in [3.8, 4) is 0 Å². The zero-order valence-corrected chi connectivity index (χ0v) is 7.42. The minimum atomic E-state index is -0.759. The largest absolute Gasteiger partial charge is 0.481 e. The van der Waals surface area contributed by atoms with Crippen molar-refractivity contribution in [1.29, 1.82) is 0 Å². The SMILES string of the molecule is C=CC(CC(=O)O)C(C)(C)C. The Kier molecular flexibility index (Phi) is 3.30. The number of carboxylic acid groups (broad SMARTS) is 1. The number of hydrogen-bond donors (Lipinski definition) is 1. The first-order chi connectivity index (χ1) is 4.88. The maximum Gasteiger partial charge on any atom is 0.303 e. The van der Waals surface area contributed by atoms with Gasteiger partial charge in [0.2, 0.25) is 0 Å². The summed E-state index contributed by atoms with van der Waals surface area (Å²) in [6.45, 7) is 9.67. The molecule has 0 aromatic heterocycles. The van der Waals surface area contributed by atoms with Crippen LogP contribution < -0.4 is 0 Å². The molecule has 0 amide bonds. The van der Waals surface area contributed by atoms with Crippen molar-refractivity contribution in [3.05, 3.63) is 12.7 Å². The third-order valence-electron chi connectivity index (χ3n) is 1.79. The minimum absolute atomic E-state index is 0.000139. The first-order valence-electron chi connectivity index (χ1n) is 3.72. The Labute approximate surface area is 67.9 Å². The maximum atomic E-state index is 10.4. The third-order valence-corrected chi connectivity index (χ3v) is 1.79. The molecule has 0 saturated carbocycles. The van der Waals surface area contributed by atoms with Crippen molar-refractivity contribution in [2.45, 2.75) is 27.2 Å². The van der Waals surface area contributed by atoms with Gasteiger partial charge in [0.1, 0.15) is 0 Å². The van der Waals surface area contributed by atoms with Crippen LogP contribution in [0.2, 0.25) is 0 Å². The minimum Gasteiger partial charge on any atom is -0.481 e. The predicted molar refractivity (Wildman–Crippen MR) is 45.4 cm³/mol. The Hall–Kier alpha value is -0.790. The highest BCUT2D eigenvalue weighted by molar-refractivity contribution is 5.67. The molecular formula is C9H16O2. The van der Waals surface area contributed by atoms with Crippen LogP contribution in [-0.2, 0) is 4.79 Å². The van der Waals surface area contributed by atoms with Gasteiger partial charge in [-0.05, 0) is 11.3 Å². The lowest BCUT2D eigenvalue weighted by Gasteiger charge is -2.26. The van der Waals surface area contributed by atoms with E-state index in [1.807, 2.05) is 20.8 Å². The molecule has 11 heavy (non-hydrogen) atoms. The fourth-order valence-corrected chi connectivity index (χ4v) is 0.931. The Morgan fingerprint density at radius 3 is 2.18 bits per heavy atom. The first-order valence-corrected chi connectivity index (χ1v) is 3.72. The van der Waals surface area contributed by atoms with Crippen molar-refractivity contribution < 1.29 is 9.90 Å². The van der Waals surface area contributed by atoms with E-state index in [0.29, 0.717) is 0 Å². The molecule has 2 heteroatoms. The maximum absolute atomic E-state index is 10.4. The molecular weight excluding hydrogens is 140 g/mol. The number of aliphatic carboxylic acids is 1. The summed E-state index contributed by atoms with van der Waals surface area (Å²) in [5.74, 6) is -0.704. The Morgan fingerprint density at radius 1 is 1.64 bits per heavy atom. The molecule has 0 rings (SSSR count). The van der Waals surface area contributed by atoms with Gasteiger partial charge in [-0.1, -0.05) is 26.8 Å². The van der Waals surface area contributed by atoms with Crippen LogP contribution in [0.5, 0.6) is 0 Å². The molecule has 64 valence electrons. The molecule has 0 fully saturated rings. The van der Waals surface area contributed by atoms with E-state index in [-0.39, 0.29) is 17.8 Å². The van der Waals surface area contributed by atoms with E-state index in [0.717, 1.165) is 0 Å². The van der Waals surface area contributed by atoms with Crippen molar-refractivity contribution in [3.63, 3.8) is 0 Å². The van der Waals surface area contributed by atoms with Gasteiger partial charge < -0.3 is 5.11 Å². The van der Waals surface area contributed by atoms with Crippen LogP contribution in [0, 0.1) is 11.3 Å². The molecule has 0 bridgehead atoms. The molecule has 1 N–H and O–H groups in total. The molecule has 0 spiro atoms. The normalized spacial score (nSPS) is 14.1. The average molecular weight is 156 g/mol. The van der Waals surface area contributed by atoms with Gasteiger partial charge in [0.05, 0.1) is 6.42 Å². The van der Waals surface area contributed by atoms with E-state index in [9.17, 15) is 4.79 Å². The number of allylic oxidation sites excluding steroid dienone is 1. The smallest absolute Gasteiger partial charge is 0.303 e. The number of carbonyl (C=O) groups is 1. The lowest BCUT2D eigenvalue weighted by molar-refractivity contribution is -0.138. The molecule has 0 aromatic carbocycles. The monoisotopic (exact) mass is 156 g/mol. The lowest BCUT2D eigenvalue weighted by Crippen LogP contribution is -2.21. The van der Waals surface area contributed by atoms with Gasteiger partial charge in [0.25, 0.3) is 0 Å².